The Morgan fingerprint density at radius 2 is 2.08 bits per heavy atom. The number of carbonyl (C=O) groups is 2. The van der Waals surface area contributed by atoms with Crippen LogP contribution in [0.1, 0.15) is 10.5 Å². The number of rotatable bonds is 7. The third-order valence-corrected chi connectivity index (χ3v) is 2.64. The van der Waals surface area contributed by atoms with Gasteiger partial charge in [-0.15, -0.1) is 0 Å². The minimum atomic E-state index is -4.43. The minimum absolute atomic E-state index is 0.151. The third kappa shape index (κ3) is 5.08. The van der Waals surface area contributed by atoms with Crippen LogP contribution in [-0.2, 0) is 22.8 Å². The fraction of sp³-hybridized carbons (Fsp3) is 0.333. The number of hydrogen-bond donors (Lipinski definition) is 2. The highest BCUT2D eigenvalue weighted by Gasteiger charge is 2.27. The van der Waals surface area contributed by atoms with Gasteiger partial charge >= 0.3 is 12.1 Å². The molecule has 0 aliphatic heterocycles. The number of carbonyl (C=O) groups excluding carboxylic acids is 1. The number of halogens is 3. The molecule has 0 aliphatic rings. The van der Waals surface area contributed by atoms with Crippen LogP contribution < -0.4 is 5.32 Å². The Morgan fingerprint density at radius 1 is 1.33 bits per heavy atom. The van der Waals surface area contributed by atoms with Crippen LogP contribution in [0.25, 0.3) is 0 Å². The molecular weight excluding hydrogens is 335 g/mol. The Labute approximate surface area is 132 Å². The first-order valence-electron chi connectivity index (χ1n) is 6.46. The van der Waals surface area contributed by atoms with Crippen LogP contribution >= 0.6 is 0 Å². The van der Waals surface area contributed by atoms with Crippen LogP contribution in [0.4, 0.5) is 18.9 Å². The molecule has 0 atom stereocenters. The molecule has 2 aromatic heterocycles. The number of hydrogen-bond acceptors (Lipinski definition) is 5. The van der Waals surface area contributed by atoms with Crippen molar-refractivity contribution in [1.82, 2.24) is 19.6 Å². The van der Waals surface area contributed by atoms with E-state index in [2.05, 4.69) is 20.3 Å². The van der Waals surface area contributed by atoms with Gasteiger partial charge in [-0.2, -0.15) is 23.4 Å². The van der Waals surface area contributed by atoms with Gasteiger partial charge < -0.3 is 15.2 Å². The predicted molar refractivity (Wildman–Crippen MR) is 72.1 cm³/mol. The van der Waals surface area contributed by atoms with Gasteiger partial charge in [0.1, 0.15) is 25.6 Å². The molecule has 0 saturated heterocycles. The number of ether oxygens (including phenoxy) is 1. The minimum Gasteiger partial charge on any atom is -0.477 e. The lowest BCUT2D eigenvalue weighted by Gasteiger charge is -2.07. The zero-order chi connectivity index (χ0) is 17.7. The monoisotopic (exact) mass is 347 g/mol. The van der Waals surface area contributed by atoms with Crippen molar-refractivity contribution >= 4 is 17.6 Å². The van der Waals surface area contributed by atoms with Gasteiger partial charge in [0, 0.05) is 6.20 Å². The molecule has 130 valence electrons. The summed E-state index contributed by atoms with van der Waals surface area (Å²) in [4.78, 5) is 22.7. The molecule has 9 nitrogen and oxygen atoms in total. The quantitative estimate of drug-likeness (QED) is 0.771. The molecule has 0 aromatic carbocycles. The van der Waals surface area contributed by atoms with Crippen molar-refractivity contribution in [3.8, 4) is 0 Å². The lowest BCUT2D eigenvalue weighted by Crippen LogP contribution is -2.22. The zero-order valence-corrected chi connectivity index (χ0v) is 12.0. The molecule has 2 N–H and O–H groups in total. The third-order valence-electron chi connectivity index (χ3n) is 2.64. The second-order valence-corrected chi connectivity index (χ2v) is 4.59. The maximum Gasteiger partial charge on any atom is 0.411 e. The largest absolute Gasteiger partial charge is 0.477 e. The van der Waals surface area contributed by atoms with Crippen LogP contribution in [-0.4, -0.2) is 49.3 Å². The van der Waals surface area contributed by atoms with Gasteiger partial charge in [-0.25, -0.2) is 14.2 Å². The summed E-state index contributed by atoms with van der Waals surface area (Å²) in [5.74, 6) is -1.80. The fourth-order valence-corrected chi connectivity index (χ4v) is 1.73. The van der Waals surface area contributed by atoms with Crippen molar-refractivity contribution in [1.29, 1.82) is 0 Å². The first-order chi connectivity index (χ1) is 11.2. The molecule has 0 saturated carbocycles. The molecular formula is C12H12F3N5O4. The number of alkyl halides is 3. The highest BCUT2D eigenvalue weighted by Crippen LogP contribution is 2.15. The molecule has 0 bridgehead atoms. The van der Waals surface area contributed by atoms with Crippen LogP contribution in [0.2, 0.25) is 0 Å². The summed E-state index contributed by atoms with van der Waals surface area (Å²) < 4.78 is 42.3. The number of nitrogens with one attached hydrogen (secondary N) is 1. The molecule has 24 heavy (non-hydrogen) atoms. The summed E-state index contributed by atoms with van der Waals surface area (Å²) in [5.41, 5.74) is 0.0704. The van der Waals surface area contributed by atoms with Gasteiger partial charge in [-0.3, -0.25) is 4.79 Å². The van der Waals surface area contributed by atoms with Gasteiger partial charge in [0.15, 0.2) is 0 Å². The highest BCUT2D eigenvalue weighted by molar-refractivity contribution is 5.91. The van der Waals surface area contributed by atoms with Crippen LogP contribution in [0.3, 0.4) is 0 Å². The van der Waals surface area contributed by atoms with Crippen molar-refractivity contribution in [3.05, 3.63) is 30.4 Å². The Balaban J connectivity index is 1.86. The summed E-state index contributed by atoms with van der Waals surface area (Å²) in [5, 5.41) is 18.8. The smallest absolute Gasteiger partial charge is 0.411 e. The lowest BCUT2D eigenvalue weighted by atomic mass is 10.4. The van der Waals surface area contributed by atoms with Crippen molar-refractivity contribution in [2.24, 2.45) is 0 Å². The van der Waals surface area contributed by atoms with E-state index in [9.17, 15) is 22.8 Å². The Hall–Kier alpha value is -2.89. The van der Waals surface area contributed by atoms with Gasteiger partial charge in [0.2, 0.25) is 5.91 Å². The van der Waals surface area contributed by atoms with Crippen molar-refractivity contribution in [2.45, 2.75) is 19.5 Å². The fourth-order valence-electron chi connectivity index (χ4n) is 1.73. The average molecular weight is 347 g/mol. The Bertz CT molecular complexity index is 724. The van der Waals surface area contributed by atoms with Crippen molar-refractivity contribution in [3.63, 3.8) is 0 Å². The number of aromatic carboxylic acids is 1. The number of anilines is 1. The van der Waals surface area contributed by atoms with E-state index in [1.165, 1.54) is 24.7 Å². The van der Waals surface area contributed by atoms with E-state index in [1.54, 1.807) is 0 Å². The Kier molecular flexibility index (Phi) is 5.18. The van der Waals surface area contributed by atoms with Crippen LogP contribution in [0.15, 0.2) is 24.7 Å². The van der Waals surface area contributed by atoms with Crippen LogP contribution in [0, 0.1) is 0 Å². The molecule has 0 radical (unpaired) electrons. The molecule has 12 heteroatoms. The molecule has 0 spiro atoms. The lowest BCUT2D eigenvalue weighted by molar-refractivity contribution is -0.182. The Morgan fingerprint density at radius 3 is 2.75 bits per heavy atom. The number of aromatic nitrogens is 4. The predicted octanol–water partition coefficient (Wildman–Crippen LogP) is 0.953. The highest BCUT2D eigenvalue weighted by atomic mass is 19.4. The van der Waals surface area contributed by atoms with Gasteiger partial charge in [-0.05, 0) is 6.07 Å². The topological polar surface area (TPSA) is 111 Å². The van der Waals surface area contributed by atoms with E-state index < -0.39 is 31.4 Å². The second-order valence-electron chi connectivity index (χ2n) is 4.59. The molecule has 0 fully saturated rings. The van der Waals surface area contributed by atoms with Gasteiger partial charge in [-0.1, -0.05) is 0 Å². The average Bonchev–Trinajstić information content (AvgIpc) is 3.07. The molecule has 2 aromatic rings. The number of carboxylic acid groups (broad SMARTS) is 1. The first-order valence-corrected chi connectivity index (χ1v) is 6.46. The summed E-state index contributed by atoms with van der Waals surface area (Å²) in [7, 11) is 0. The zero-order valence-electron chi connectivity index (χ0n) is 12.0. The maximum absolute atomic E-state index is 11.9. The van der Waals surface area contributed by atoms with E-state index >= 15 is 0 Å². The maximum atomic E-state index is 11.9. The molecule has 2 heterocycles. The van der Waals surface area contributed by atoms with Crippen molar-refractivity contribution < 1.29 is 32.6 Å². The number of nitrogens with zero attached hydrogens (tertiary/aromatic N) is 4. The first kappa shape index (κ1) is 17.5. The molecule has 2 rings (SSSR count). The standard InChI is InChI=1S/C12H12F3N5O4/c13-12(14,15)6-24-7-19-4-8(3-17-19)18-10(21)5-20-9(11(22)23)1-2-16-20/h1-4H,5-7H2,(H,18,21)(H,22,23). The second kappa shape index (κ2) is 7.12. The van der Waals surface area contributed by atoms with Crippen molar-refractivity contribution in [2.75, 3.05) is 11.9 Å². The normalized spacial score (nSPS) is 11.5. The summed E-state index contributed by atoms with van der Waals surface area (Å²) in [6.07, 6.45) is -0.700. The van der Waals surface area contributed by atoms with E-state index in [-0.39, 0.29) is 17.9 Å². The van der Waals surface area contributed by atoms with E-state index in [4.69, 9.17) is 5.11 Å². The van der Waals surface area contributed by atoms with Gasteiger partial charge in [0.25, 0.3) is 0 Å². The van der Waals surface area contributed by atoms with Crippen LogP contribution in [0.5, 0.6) is 0 Å². The molecule has 1 amide bonds. The summed E-state index contributed by atoms with van der Waals surface area (Å²) >= 11 is 0. The van der Waals surface area contributed by atoms with E-state index in [1.807, 2.05) is 0 Å². The van der Waals surface area contributed by atoms with E-state index in [0.29, 0.717) is 0 Å². The number of amides is 1. The molecule has 0 aliphatic carbocycles. The summed E-state index contributed by atoms with van der Waals surface area (Å²) in [6.45, 7) is -2.19. The SMILES string of the molecule is O=C(Cn1nccc1C(=O)O)Nc1cnn(COCC(F)(F)F)c1. The number of carboxylic acids is 1. The van der Waals surface area contributed by atoms with E-state index in [0.717, 1.165) is 9.36 Å². The summed E-state index contributed by atoms with van der Waals surface area (Å²) in [6, 6.07) is 1.24. The van der Waals surface area contributed by atoms with Gasteiger partial charge in [0.05, 0.1) is 18.1 Å². The molecule has 0 unspecified atom stereocenters.